The van der Waals surface area contributed by atoms with Crippen molar-refractivity contribution < 1.29 is 22.7 Å². The molecule has 0 spiro atoms. The van der Waals surface area contributed by atoms with E-state index in [1.807, 2.05) is 0 Å². The van der Waals surface area contributed by atoms with Crippen LogP contribution in [0.4, 0.5) is 17.6 Å². The molecule has 0 aromatic heterocycles. The lowest BCUT2D eigenvalue weighted by Crippen LogP contribution is -2.12. The summed E-state index contributed by atoms with van der Waals surface area (Å²) in [7, 11) is 0. The van der Waals surface area contributed by atoms with Crippen LogP contribution in [0.25, 0.3) is 0 Å². The molecule has 0 atom stereocenters. The lowest BCUT2D eigenvalue weighted by molar-refractivity contribution is -0.139. The van der Waals surface area contributed by atoms with Crippen LogP contribution >= 0.6 is 22.6 Å². The van der Waals surface area contributed by atoms with E-state index < -0.39 is 29.7 Å². The molecule has 1 N–H and O–H groups in total. The van der Waals surface area contributed by atoms with Gasteiger partial charge in [-0.1, -0.05) is 0 Å². The van der Waals surface area contributed by atoms with Crippen molar-refractivity contribution in [2.75, 3.05) is 0 Å². The zero-order chi connectivity index (χ0) is 10.9. The molecule has 0 aliphatic carbocycles. The first-order chi connectivity index (χ1) is 6.36. The predicted molar refractivity (Wildman–Crippen MR) is 50.0 cm³/mol. The van der Waals surface area contributed by atoms with Crippen molar-refractivity contribution in [3.05, 3.63) is 32.6 Å². The van der Waals surface area contributed by atoms with Gasteiger partial charge in [0.15, 0.2) is 0 Å². The van der Waals surface area contributed by atoms with E-state index in [2.05, 4.69) is 0 Å². The standard InChI is InChI=1S/C8H5F4IO/c9-5-1-4(3-14)7(6(13)2-5)8(10,11)12/h1-2,14H,3H2. The van der Waals surface area contributed by atoms with Gasteiger partial charge in [0.05, 0.1) is 12.2 Å². The van der Waals surface area contributed by atoms with Crippen LogP contribution in [-0.4, -0.2) is 5.11 Å². The molecule has 0 saturated heterocycles. The molecule has 0 amide bonds. The SMILES string of the molecule is OCc1cc(F)cc(I)c1C(F)(F)F. The average molecular weight is 320 g/mol. The first-order valence-electron chi connectivity index (χ1n) is 3.52. The molecule has 1 aromatic carbocycles. The molecule has 0 aliphatic heterocycles. The summed E-state index contributed by atoms with van der Waals surface area (Å²) in [6.07, 6.45) is -4.57. The molecule has 1 aromatic rings. The third kappa shape index (κ3) is 2.35. The fourth-order valence-corrected chi connectivity index (χ4v) is 2.02. The number of halogens is 5. The van der Waals surface area contributed by atoms with Gasteiger partial charge >= 0.3 is 6.18 Å². The third-order valence-electron chi connectivity index (χ3n) is 1.59. The number of hydrogen-bond acceptors (Lipinski definition) is 1. The molecule has 0 radical (unpaired) electrons. The Bertz CT molecular complexity index is 348. The van der Waals surface area contributed by atoms with Gasteiger partial charge in [-0.05, 0) is 40.3 Å². The average Bonchev–Trinajstić information content (AvgIpc) is 1.99. The molecule has 78 valence electrons. The second kappa shape index (κ2) is 4.01. The van der Waals surface area contributed by atoms with Crippen LogP contribution in [0.3, 0.4) is 0 Å². The van der Waals surface area contributed by atoms with Crippen LogP contribution in [0.5, 0.6) is 0 Å². The number of hydrogen-bond donors (Lipinski definition) is 1. The van der Waals surface area contributed by atoms with E-state index in [1.165, 1.54) is 22.6 Å². The minimum atomic E-state index is -4.57. The van der Waals surface area contributed by atoms with Crippen molar-refractivity contribution in [2.45, 2.75) is 12.8 Å². The summed E-state index contributed by atoms with van der Waals surface area (Å²) < 4.78 is 49.6. The Balaban J connectivity index is 3.40. The highest BCUT2D eigenvalue weighted by Crippen LogP contribution is 2.35. The number of rotatable bonds is 1. The first kappa shape index (κ1) is 11.7. The van der Waals surface area contributed by atoms with Crippen LogP contribution in [0, 0.1) is 9.39 Å². The van der Waals surface area contributed by atoms with Gasteiger partial charge in [-0.25, -0.2) is 4.39 Å². The van der Waals surface area contributed by atoms with Gasteiger partial charge in [-0.3, -0.25) is 0 Å². The summed E-state index contributed by atoms with van der Waals surface area (Å²) >= 11 is 1.39. The van der Waals surface area contributed by atoms with Crippen LogP contribution in [0.1, 0.15) is 11.1 Å². The van der Waals surface area contributed by atoms with Gasteiger partial charge < -0.3 is 5.11 Å². The smallest absolute Gasteiger partial charge is 0.392 e. The molecular formula is C8H5F4IO. The lowest BCUT2D eigenvalue weighted by Gasteiger charge is -2.13. The van der Waals surface area contributed by atoms with Gasteiger partial charge in [-0.2, -0.15) is 13.2 Å². The Morgan fingerprint density at radius 3 is 2.29 bits per heavy atom. The van der Waals surface area contributed by atoms with Crippen molar-refractivity contribution in [1.29, 1.82) is 0 Å². The maximum absolute atomic E-state index is 12.7. The van der Waals surface area contributed by atoms with E-state index in [9.17, 15) is 17.6 Å². The largest absolute Gasteiger partial charge is 0.417 e. The summed E-state index contributed by atoms with van der Waals surface area (Å²) in [5, 5.41) is 8.66. The Morgan fingerprint density at radius 2 is 1.86 bits per heavy atom. The molecule has 6 heteroatoms. The highest BCUT2D eigenvalue weighted by molar-refractivity contribution is 14.1. The molecule has 14 heavy (non-hydrogen) atoms. The first-order valence-corrected chi connectivity index (χ1v) is 4.60. The molecule has 0 fully saturated rings. The minimum absolute atomic E-state index is 0.251. The van der Waals surface area contributed by atoms with Crippen molar-refractivity contribution in [2.24, 2.45) is 0 Å². The molecule has 1 nitrogen and oxygen atoms in total. The second-order valence-corrected chi connectivity index (χ2v) is 3.74. The van der Waals surface area contributed by atoms with Crippen LogP contribution < -0.4 is 0 Å². The van der Waals surface area contributed by atoms with E-state index in [4.69, 9.17) is 5.11 Å². The zero-order valence-electron chi connectivity index (χ0n) is 6.70. The minimum Gasteiger partial charge on any atom is -0.392 e. The Hall–Kier alpha value is -0.370. The van der Waals surface area contributed by atoms with Gasteiger partial charge in [-0.15, -0.1) is 0 Å². The number of alkyl halides is 3. The molecule has 0 unspecified atom stereocenters. The molecule has 0 heterocycles. The highest BCUT2D eigenvalue weighted by Gasteiger charge is 2.35. The molecular weight excluding hydrogens is 315 g/mol. The van der Waals surface area contributed by atoms with Crippen LogP contribution in [-0.2, 0) is 12.8 Å². The summed E-state index contributed by atoms with van der Waals surface area (Å²) in [4.78, 5) is 0. The fourth-order valence-electron chi connectivity index (χ4n) is 1.07. The number of aliphatic hydroxyl groups is 1. The summed E-state index contributed by atoms with van der Waals surface area (Å²) in [5.74, 6) is -0.786. The Labute approximate surface area is 90.9 Å². The van der Waals surface area contributed by atoms with Crippen molar-refractivity contribution in [3.63, 3.8) is 0 Å². The van der Waals surface area contributed by atoms with E-state index in [0.29, 0.717) is 6.07 Å². The zero-order valence-corrected chi connectivity index (χ0v) is 8.86. The summed E-state index contributed by atoms with van der Waals surface area (Å²) in [6.45, 7) is -0.831. The van der Waals surface area contributed by atoms with Crippen LogP contribution in [0.15, 0.2) is 12.1 Å². The number of aliphatic hydroxyl groups excluding tert-OH is 1. The monoisotopic (exact) mass is 320 g/mol. The third-order valence-corrected chi connectivity index (χ3v) is 2.44. The van der Waals surface area contributed by atoms with E-state index >= 15 is 0 Å². The maximum Gasteiger partial charge on any atom is 0.417 e. The fraction of sp³-hybridized carbons (Fsp3) is 0.250. The van der Waals surface area contributed by atoms with Crippen molar-refractivity contribution in [3.8, 4) is 0 Å². The summed E-state index contributed by atoms with van der Waals surface area (Å²) in [6, 6.07) is 1.47. The highest BCUT2D eigenvalue weighted by atomic mass is 127. The molecule has 0 bridgehead atoms. The van der Waals surface area contributed by atoms with Gasteiger partial charge in [0.25, 0.3) is 0 Å². The normalized spacial score (nSPS) is 11.9. The Morgan fingerprint density at radius 1 is 1.29 bits per heavy atom. The van der Waals surface area contributed by atoms with Crippen molar-refractivity contribution >= 4 is 22.6 Å². The Kier molecular flexibility index (Phi) is 3.36. The molecule has 0 aliphatic rings. The van der Waals surface area contributed by atoms with E-state index in [-0.39, 0.29) is 3.57 Å². The van der Waals surface area contributed by atoms with Crippen molar-refractivity contribution in [1.82, 2.24) is 0 Å². The lowest BCUT2D eigenvalue weighted by atomic mass is 10.1. The van der Waals surface area contributed by atoms with Gasteiger partial charge in [0.1, 0.15) is 5.82 Å². The van der Waals surface area contributed by atoms with E-state index in [0.717, 1.165) is 6.07 Å². The number of benzene rings is 1. The maximum atomic E-state index is 12.7. The van der Waals surface area contributed by atoms with Gasteiger partial charge in [0.2, 0.25) is 0 Å². The molecule has 0 saturated carbocycles. The topological polar surface area (TPSA) is 20.2 Å². The van der Waals surface area contributed by atoms with Crippen LogP contribution in [0.2, 0.25) is 0 Å². The molecule has 1 rings (SSSR count). The predicted octanol–water partition coefficient (Wildman–Crippen LogP) is 2.94. The van der Waals surface area contributed by atoms with E-state index in [1.54, 1.807) is 0 Å². The van der Waals surface area contributed by atoms with Gasteiger partial charge in [0, 0.05) is 3.57 Å². The second-order valence-electron chi connectivity index (χ2n) is 2.58. The quantitative estimate of drug-likeness (QED) is 0.623. The summed E-state index contributed by atoms with van der Waals surface area (Å²) in [5.41, 5.74) is -1.41.